The molecule has 0 aliphatic carbocycles. The summed E-state index contributed by atoms with van der Waals surface area (Å²) in [4.78, 5) is 8.48. The van der Waals surface area contributed by atoms with E-state index in [9.17, 15) is 8.42 Å². The molecule has 6 nitrogen and oxygen atoms in total. The van der Waals surface area contributed by atoms with Gasteiger partial charge in [-0.3, -0.25) is 9.98 Å². The normalized spacial score (nSPS) is 11.5. The highest BCUT2D eigenvalue weighted by molar-refractivity contribution is 14.0. The summed E-state index contributed by atoms with van der Waals surface area (Å²) in [6.07, 6.45) is 3.85. The third-order valence-corrected chi connectivity index (χ3v) is 4.39. The molecule has 0 spiro atoms. The van der Waals surface area contributed by atoms with Gasteiger partial charge in [0.15, 0.2) is 15.8 Å². The Bertz CT molecular complexity index is 794. The van der Waals surface area contributed by atoms with Crippen LogP contribution in [0, 0.1) is 0 Å². The van der Waals surface area contributed by atoms with E-state index in [1.54, 1.807) is 13.2 Å². The number of sulfone groups is 1. The van der Waals surface area contributed by atoms with Crippen molar-refractivity contribution in [2.24, 2.45) is 4.99 Å². The number of aliphatic imine (C=N–C) groups is 1. The van der Waals surface area contributed by atoms with Gasteiger partial charge in [-0.1, -0.05) is 30.3 Å². The topological polar surface area (TPSA) is 83.4 Å². The number of aromatic nitrogens is 1. The van der Waals surface area contributed by atoms with E-state index in [0.717, 1.165) is 35.7 Å². The van der Waals surface area contributed by atoms with Crippen molar-refractivity contribution in [3.63, 3.8) is 0 Å². The predicted molar refractivity (Wildman–Crippen MR) is 117 cm³/mol. The van der Waals surface area contributed by atoms with E-state index in [1.807, 2.05) is 42.5 Å². The van der Waals surface area contributed by atoms with Crippen molar-refractivity contribution in [1.29, 1.82) is 0 Å². The van der Waals surface area contributed by atoms with Gasteiger partial charge in [-0.25, -0.2) is 8.42 Å². The molecule has 0 atom stereocenters. The molecule has 8 heteroatoms. The number of hydrogen-bond acceptors (Lipinski definition) is 4. The zero-order valence-corrected chi connectivity index (χ0v) is 18.1. The van der Waals surface area contributed by atoms with Gasteiger partial charge >= 0.3 is 0 Å². The molecule has 2 aromatic rings. The van der Waals surface area contributed by atoms with Crippen molar-refractivity contribution in [3.8, 4) is 0 Å². The van der Waals surface area contributed by atoms with Crippen molar-refractivity contribution in [1.82, 2.24) is 15.6 Å². The van der Waals surface area contributed by atoms with E-state index < -0.39 is 9.84 Å². The Labute approximate surface area is 172 Å². The lowest BCUT2D eigenvalue weighted by molar-refractivity contribution is 0.601. The summed E-state index contributed by atoms with van der Waals surface area (Å²) >= 11 is 0. The standard InChI is InChI=1S/C18H24N4O2S.HI/c1-19-18(21-12-10-17-5-3-4-11-20-17)22-13-15-6-8-16(9-7-15)14-25(2,23)24;/h3-9,11H,10,12-14H2,1-2H3,(H2,19,21,22);1H. The molecule has 0 saturated carbocycles. The Balaban J connectivity index is 0.00000338. The molecule has 0 saturated heterocycles. The van der Waals surface area contributed by atoms with Crippen LogP contribution >= 0.6 is 24.0 Å². The molecular formula is C18H25IN4O2S. The van der Waals surface area contributed by atoms with Gasteiger partial charge in [0.1, 0.15) is 0 Å². The molecule has 2 N–H and O–H groups in total. The molecule has 0 fully saturated rings. The molecule has 2 rings (SSSR count). The van der Waals surface area contributed by atoms with Gasteiger partial charge in [0.25, 0.3) is 0 Å². The Morgan fingerprint density at radius 2 is 1.77 bits per heavy atom. The number of nitrogens with zero attached hydrogens (tertiary/aromatic N) is 2. The highest BCUT2D eigenvalue weighted by Gasteiger charge is 2.04. The minimum Gasteiger partial charge on any atom is -0.356 e. The maximum atomic E-state index is 11.3. The number of guanidine groups is 1. The van der Waals surface area contributed by atoms with Crippen LogP contribution in [0.4, 0.5) is 0 Å². The summed E-state index contributed by atoms with van der Waals surface area (Å²) in [6.45, 7) is 1.35. The van der Waals surface area contributed by atoms with Crippen LogP contribution in [0.1, 0.15) is 16.8 Å². The van der Waals surface area contributed by atoms with E-state index in [-0.39, 0.29) is 29.7 Å². The highest BCUT2D eigenvalue weighted by atomic mass is 127. The minimum absolute atomic E-state index is 0. The summed E-state index contributed by atoms with van der Waals surface area (Å²) in [6, 6.07) is 13.4. The Morgan fingerprint density at radius 1 is 1.08 bits per heavy atom. The van der Waals surface area contributed by atoms with Crippen molar-refractivity contribution in [2.45, 2.75) is 18.7 Å². The Morgan fingerprint density at radius 3 is 2.35 bits per heavy atom. The first kappa shape index (κ1) is 22.4. The van der Waals surface area contributed by atoms with E-state index in [2.05, 4.69) is 20.6 Å². The van der Waals surface area contributed by atoms with Gasteiger partial charge in [-0.15, -0.1) is 24.0 Å². The monoisotopic (exact) mass is 488 g/mol. The van der Waals surface area contributed by atoms with E-state index in [1.165, 1.54) is 6.26 Å². The predicted octanol–water partition coefficient (Wildman–Crippen LogP) is 2.15. The second-order valence-corrected chi connectivity index (χ2v) is 7.95. The lowest BCUT2D eigenvalue weighted by atomic mass is 10.1. The minimum atomic E-state index is -3.00. The van der Waals surface area contributed by atoms with Crippen LogP contribution in [0.15, 0.2) is 53.7 Å². The van der Waals surface area contributed by atoms with Gasteiger partial charge < -0.3 is 10.6 Å². The lowest BCUT2D eigenvalue weighted by Crippen LogP contribution is -2.37. The number of rotatable bonds is 7. The van der Waals surface area contributed by atoms with Crippen molar-refractivity contribution in [2.75, 3.05) is 19.8 Å². The average molecular weight is 488 g/mol. The largest absolute Gasteiger partial charge is 0.356 e. The van der Waals surface area contributed by atoms with Gasteiger partial charge in [0, 0.05) is 44.7 Å². The second-order valence-electron chi connectivity index (χ2n) is 5.81. The van der Waals surface area contributed by atoms with Crippen molar-refractivity contribution < 1.29 is 8.42 Å². The molecule has 1 aromatic heterocycles. The average Bonchev–Trinajstić information content (AvgIpc) is 2.59. The quantitative estimate of drug-likeness (QED) is 0.355. The van der Waals surface area contributed by atoms with Crippen LogP contribution in [-0.2, 0) is 28.6 Å². The molecule has 142 valence electrons. The van der Waals surface area contributed by atoms with Crippen molar-refractivity contribution >= 4 is 39.8 Å². The van der Waals surface area contributed by atoms with Crippen LogP contribution in [-0.4, -0.2) is 39.2 Å². The summed E-state index contributed by atoms with van der Waals surface area (Å²) < 4.78 is 22.6. The molecule has 0 aliphatic rings. The zero-order valence-electron chi connectivity index (χ0n) is 15.0. The van der Waals surface area contributed by atoms with Crippen LogP contribution in [0.3, 0.4) is 0 Å². The smallest absolute Gasteiger partial charge is 0.191 e. The van der Waals surface area contributed by atoms with Gasteiger partial charge in [0.05, 0.1) is 5.75 Å². The molecule has 0 aliphatic heterocycles. The Kier molecular flexibility index (Phi) is 9.57. The van der Waals surface area contributed by atoms with E-state index in [4.69, 9.17) is 0 Å². The van der Waals surface area contributed by atoms with Crippen LogP contribution in [0.5, 0.6) is 0 Å². The number of hydrogen-bond donors (Lipinski definition) is 2. The molecule has 1 aromatic carbocycles. The van der Waals surface area contributed by atoms with Crippen LogP contribution in [0.2, 0.25) is 0 Å². The van der Waals surface area contributed by atoms with Crippen molar-refractivity contribution in [3.05, 3.63) is 65.5 Å². The number of halogens is 1. The third kappa shape index (κ3) is 8.61. The number of pyridine rings is 1. The fourth-order valence-corrected chi connectivity index (χ4v) is 3.12. The number of benzene rings is 1. The van der Waals surface area contributed by atoms with E-state index >= 15 is 0 Å². The molecule has 1 heterocycles. The first-order valence-corrected chi connectivity index (χ1v) is 10.1. The fourth-order valence-electron chi connectivity index (χ4n) is 2.32. The lowest BCUT2D eigenvalue weighted by Gasteiger charge is -2.12. The van der Waals surface area contributed by atoms with E-state index in [0.29, 0.717) is 6.54 Å². The first-order chi connectivity index (χ1) is 12.0. The summed E-state index contributed by atoms with van der Waals surface area (Å²) in [7, 11) is -1.28. The molecule has 26 heavy (non-hydrogen) atoms. The molecule has 0 unspecified atom stereocenters. The van der Waals surface area contributed by atoms with Crippen LogP contribution in [0.25, 0.3) is 0 Å². The molecular weight excluding hydrogens is 463 g/mol. The van der Waals surface area contributed by atoms with Crippen LogP contribution < -0.4 is 10.6 Å². The highest BCUT2D eigenvalue weighted by Crippen LogP contribution is 2.07. The molecule has 0 amide bonds. The number of nitrogens with one attached hydrogen (secondary N) is 2. The summed E-state index contributed by atoms with van der Waals surface area (Å²) in [5, 5.41) is 6.49. The van der Waals surface area contributed by atoms with Gasteiger partial charge in [-0.05, 0) is 23.3 Å². The SMILES string of the molecule is CN=C(NCCc1ccccn1)NCc1ccc(CS(C)(=O)=O)cc1.I. The second kappa shape index (κ2) is 11.1. The molecule has 0 bridgehead atoms. The zero-order chi connectivity index (χ0) is 18.1. The Hall–Kier alpha value is -1.68. The fraction of sp³-hybridized carbons (Fsp3) is 0.333. The maximum Gasteiger partial charge on any atom is 0.191 e. The summed E-state index contributed by atoms with van der Waals surface area (Å²) in [5.74, 6) is 0.786. The summed E-state index contributed by atoms with van der Waals surface area (Å²) in [5.41, 5.74) is 2.89. The van der Waals surface area contributed by atoms with Gasteiger partial charge in [0.2, 0.25) is 0 Å². The molecule has 0 radical (unpaired) electrons. The van der Waals surface area contributed by atoms with Gasteiger partial charge in [-0.2, -0.15) is 0 Å². The maximum absolute atomic E-state index is 11.3. The third-order valence-electron chi connectivity index (χ3n) is 3.54. The first-order valence-electron chi connectivity index (χ1n) is 8.06.